The summed E-state index contributed by atoms with van der Waals surface area (Å²) in [4.78, 5) is 14.3. The Labute approximate surface area is 223 Å². The van der Waals surface area contributed by atoms with Gasteiger partial charge in [-0.1, -0.05) is 59.7 Å². The zero-order valence-corrected chi connectivity index (χ0v) is 23.1. The Kier molecular flexibility index (Phi) is 5.53. The first-order valence-electron chi connectivity index (χ1n) is 13.4. The van der Waals surface area contributed by atoms with Gasteiger partial charge in [-0.25, -0.2) is 0 Å². The Morgan fingerprint density at radius 3 is 1.42 bits per heavy atom. The molecule has 0 unspecified atom stereocenters. The van der Waals surface area contributed by atoms with E-state index in [1.165, 1.54) is 22.3 Å². The Bertz CT molecular complexity index is 1850. The quantitative estimate of drug-likeness (QED) is 0.249. The molecule has 0 radical (unpaired) electrons. The molecule has 0 saturated carbocycles. The molecule has 0 fully saturated rings. The van der Waals surface area contributed by atoms with Gasteiger partial charge in [-0.3, -0.25) is 0 Å². The van der Waals surface area contributed by atoms with Crippen LogP contribution in [0.25, 0.3) is 35.4 Å². The molecule has 0 atom stereocenters. The molecule has 4 heteroatoms. The summed E-state index contributed by atoms with van der Waals surface area (Å²) in [6, 6.07) is 22.1. The lowest BCUT2D eigenvalue weighted by Crippen LogP contribution is -2.16. The predicted molar refractivity (Wildman–Crippen MR) is 159 cm³/mol. The van der Waals surface area contributed by atoms with E-state index in [2.05, 4.69) is 146 Å². The lowest BCUT2D eigenvalue weighted by Gasteiger charge is -2.26. The molecule has 0 saturated heterocycles. The maximum atomic E-state index is 3.70. The third kappa shape index (κ3) is 4.87. The van der Waals surface area contributed by atoms with E-state index in [1.54, 1.807) is 0 Å². The molecule has 8 bridgehead atoms. The number of nitrogens with one attached hydrogen (secondary N) is 4. The summed E-state index contributed by atoms with van der Waals surface area (Å²) < 4.78 is 0. The number of hydrogen-bond donors (Lipinski definition) is 4. The number of H-pyrrole nitrogens is 4. The molecule has 5 aromatic rings. The van der Waals surface area contributed by atoms with Crippen LogP contribution in [0.4, 0.5) is 0 Å². The number of aromatic amines is 4. The summed E-state index contributed by atoms with van der Waals surface area (Å²) >= 11 is 0. The molecule has 5 heterocycles. The fraction of sp³-hybridized carbons (Fsp3) is 0.235. The summed E-state index contributed by atoms with van der Waals surface area (Å²) in [5.41, 5.74) is 9.51. The van der Waals surface area contributed by atoms with Crippen molar-refractivity contribution in [2.24, 2.45) is 0 Å². The van der Waals surface area contributed by atoms with E-state index >= 15 is 0 Å². The van der Waals surface area contributed by atoms with Gasteiger partial charge in [0.15, 0.2) is 0 Å². The number of benzene rings is 1. The molecule has 192 valence electrons. The molecule has 1 aromatic carbocycles. The van der Waals surface area contributed by atoms with Gasteiger partial charge in [-0.05, 0) is 94.3 Å². The topological polar surface area (TPSA) is 63.2 Å². The number of hydrogen-bond acceptors (Lipinski definition) is 0. The zero-order valence-electron chi connectivity index (χ0n) is 23.1. The standard InChI is InChI=1S/C34H36N4/c1-33(2,3)22-13-21(14-23(15-22)34(4,5)6)31-19-30-18-28-10-9-26(36-28)16-24-7-8-25(35-24)17-27-11-12-29(37-27)20-32(31)38-30/h7-20,35-38H,1-6H3. The Hall–Kier alpha value is -4.18. The van der Waals surface area contributed by atoms with Gasteiger partial charge in [0.05, 0.1) is 0 Å². The Morgan fingerprint density at radius 2 is 0.921 bits per heavy atom. The van der Waals surface area contributed by atoms with Crippen LogP contribution in [0, 0.1) is 0 Å². The van der Waals surface area contributed by atoms with Gasteiger partial charge in [0.25, 0.3) is 0 Å². The van der Waals surface area contributed by atoms with Crippen molar-refractivity contribution in [3.05, 3.63) is 116 Å². The molecule has 0 spiro atoms. The highest BCUT2D eigenvalue weighted by Crippen LogP contribution is 2.35. The van der Waals surface area contributed by atoms with E-state index in [-0.39, 0.29) is 10.8 Å². The van der Waals surface area contributed by atoms with Gasteiger partial charge >= 0.3 is 0 Å². The fourth-order valence-electron chi connectivity index (χ4n) is 5.02. The second-order valence-corrected chi connectivity index (χ2v) is 12.5. The van der Waals surface area contributed by atoms with Crippen molar-refractivity contribution in [3.8, 4) is 11.1 Å². The van der Waals surface area contributed by atoms with Gasteiger partial charge in [0.1, 0.15) is 0 Å². The van der Waals surface area contributed by atoms with Crippen LogP contribution in [-0.4, -0.2) is 19.9 Å². The van der Waals surface area contributed by atoms with Crippen LogP contribution in [0.5, 0.6) is 0 Å². The molecule has 1 aliphatic heterocycles. The SMILES string of the molecule is CC(C)(C)c1cc(-c2cc3[nH]c2C=c2ccc([nH]2)=Cc2ccc([nH]2)C=c2ccc([nH]2)=C3)cc(C(C)(C)C)c1. The lowest BCUT2D eigenvalue weighted by molar-refractivity contribution is 0.569. The highest BCUT2D eigenvalue weighted by Gasteiger charge is 2.22. The fourth-order valence-corrected chi connectivity index (χ4v) is 5.02. The van der Waals surface area contributed by atoms with Crippen molar-refractivity contribution >= 4 is 24.3 Å². The predicted octanol–water partition coefficient (Wildman–Crippen LogP) is 4.89. The van der Waals surface area contributed by atoms with Crippen LogP contribution < -0.4 is 21.4 Å². The van der Waals surface area contributed by atoms with Crippen molar-refractivity contribution in [3.63, 3.8) is 0 Å². The summed E-state index contributed by atoms with van der Waals surface area (Å²) in [5.74, 6) is 0. The molecule has 4 N–H and O–H groups in total. The minimum Gasteiger partial charge on any atom is -0.355 e. The maximum absolute atomic E-state index is 3.70. The van der Waals surface area contributed by atoms with Gasteiger partial charge in [-0.15, -0.1) is 0 Å². The Balaban J connectivity index is 1.62. The minimum absolute atomic E-state index is 0.0519. The molecule has 4 nitrogen and oxygen atoms in total. The highest BCUT2D eigenvalue weighted by molar-refractivity contribution is 5.77. The van der Waals surface area contributed by atoms with Crippen LogP contribution >= 0.6 is 0 Å². The third-order valence-electron chi connectivity index (χ3n) is 7.27. The van der Waals surface area contributed by atoms with E-state index in [0.29, 0.717) is 0 Å². The summed E-state index contributed by atoms with van der Waals surface area (Å²) in [6.45, 7) is 13.7. The second-order valence-electron chi connectivity index (χ2n) is 12.5. The smallest absolute Gasteiger partial charge is 0.0485 e. The van der Waals surface area contributed by atoms with Crippen molar-refractivity contribution < 1.29 is 0 Å². The van der Waals surface area contributed by atoms with Crippen molar-refractivity contribution in [2.45, 2.75) is 52.4 Å². The molecule has 38 heavy (non-hydrogen) atoms. The largest absolute Gasteiger partial charge is 0.355 e. The molecular weight excluding hydrogens is 464 g/mol. The van der Waals surface area contributed by atoms with Crippen molar-refractivity contribution in [2.75, 3.05) is 0 Å². The van der Waals surface area contributed by atoms with Crippen LogP contribution in [0.2, 0.25) is 0 Å². The average molecular weight is 501 g/mol. The van der Waals surface area contributed by atoms with Gasteiger partial charge in [-0.2, -0.15) is 0 Å². The molecule has 4 aromatic heterocycles. The first kappa shape index (κ1) is 24.2. The van der Waals surface area contributed by atoms with E-state index in [9.17, 15) is 0 Å². The third-order valence-corrected chi connectivity index (χ3v) is 7.27. The second kappa shape index (κ2) is 8.70. The van der Waals surface area contributed by atoms with E-state index in [0.717, 1.165) is 44.2 Å². The average Bonchev–Trinajstić information content (AvgIpc) is 3.63. The zero-order chi connectivity index (χ0) is 26.7. The minimum atomic E-state index is 0.0519. The molecule has 0 amide bonds. The van der Waals surface area contributed by atoms with Crippen LogP contribution in [0.15, 0.2) is 60.7 Å². The van der Waals surface area contributed by atoms with E-state index < -0.39 is 0 Å². The highest BCUT2D eigenvalue weighted by atomic mass is 14.8. The van der Waals surface area contributed by atoms with E-state index in [4.69, 9.17) is 0 Å². The molecule has 1 aliphatic rings. The molecule has 0 aliphatic carbocycles. The normalized spacial score (nSPS) is 13.3. The van der Waals surface area contributed by atoms with Crippen LogP contribution in [-0.2, 0) is 10.8 Å². The maximum Gasteiger partial charge on any atom is 0.0485 e. The van der Waals surface area contributed by atoms with Gasteiger partial charge in [0, 0.05) is 49.7 Å². The van der Waals surface area contributed by atoms with E-state index in [1.807, 2.05) is 0 Å². The van der Waals surface area contributed by atoms with Crippen LogP contribution in [0.3, 0.4) is 0 Å². The summed E-state index contributed by atoms with van der Waals surface area (Å²) in [6.07, 6.45) is 8.66. The number of fused-ring (bicyclic) bond motifs is 8. The molecular formula is C34H36N4. The van der Waals surface area contributed by atoms with Gasteiger partial charge < -0.3 is 19.9 Å². The van der Waals surface area contributed by atoms with Gasteiger partial charge in [0.2, 0.25) is 0 Å². The summed E-state index contributed by atoms with van der Waals surface area (Å²) in [7, 11) is 0. The van der Waals surface area contributed by atoms with Crippen molar-refractivity contribution in [1.82, 2.24) is 19.9 Å². The first-order valence-corrected chi connectivity index (χ1v) is 13.4. The summed E-state index contributed by atoms with van der Waals surface area (Å²) in [5, 5.41) is 4.23. The lowest BCUT2D eigenvalue weighted by atomic mass is 9.79. The monoisotopic (exact) mass is 500 g/mol. The van der Waals surface area contributed by atoms with Crippen LogP contribution in [0.1, 0.15) is 75.4 Å². The Morgan fingerprint density at radius 1 is 0.447 bits per heavy atom. The van der Waals surface area contributed by atoms with Crippen molar-refractivity contribution in [1.29, 1.82) is 0 Å². The number of aromatic nitrogens is 4. The molecule has 6 rings (SSSR count). The number of rotatable bonds is 1. The first-order chi connectivity index (χ1) is 18.0.